The normalized spacial score (nSPS) is 27.0. The van der Waals surface area contributed by atoms with Gasteiger partial charge in [0.05, 0.1) is 19.5 Å². The summed E-state index contributed by atoms with van der Waals surface area (Å²) in [6.07, 6.45) is 7.81. The van der Waals surface area contributed by atoms with Gasteiger partial charge in [0.25, 0.3) is 0 Å². The van der Waals surface area contributed by atoms with Gasteiger partial charge < -0.3 is 0 Å². The first-order chi connectivity index (χ1) is 7.75. The fourth-order valence-corrected chi connectivity index (χ4v) is 3.39. The Hall–Kier alpha value is -1.12. The van der Waals surface area contributed by atoms with Crippen molar-refractivity contribution in [2.24, 2.45) is 8.73 Å². The molecule has 1 fully saturated rings. The minimum absolute atomic E-state index is 0.118. The van der Waals surface area contributed by atoms with Crippen LogP contribution in [0.3, 0.4) is 0 Å². The molecule has 1 heterocycles. The molecule has 96 valence electrons. The second-order valence-electron chi connectivity index (χ2n) is 3.91. The van der Waals surface area contributed by atoms with Crippen LogP contribution < -0.4 is 0 Å². The molecule has 0 aliphatic carbocycles. The number of nitrogens with zero attached hydrogens (tertiary/aromatic N) is 4. The van der Waals surface area contributed by atoms with Crippen molar-refractivity contribution in [3.63, 3.8) is 0 Å². The summed E-state index contributed by atoms with van der Waals surface area (Å²) in [5.41, 5.74) is 0. The lowest BCUT2D eigenvalue weighted by Gasteiger charge is -2.02. The van der Waals surface area contributed by atoms with E-state index >= 15 is 0 Å². The third-order valence-corrected chi connectivity index (χ3v) is 5.41. The Kier molecular flexibility index (Phi) is 6.14. The first kappa shape index (κ1) is 15.9. The van der Waals surface area contributed by atoms with Crippen molar-refractivity contribution >= 4 is 19.5 Å². The van der Waals surface area contributed by atoms with Crippen LogP contribution in [0.2, 0.25) is 0 Å². The van der Waals surface area contributed by atoms with Crippen molar-refractivity contribution in [1.82, 2.24) is 0 Å². The Bertz CT molecular complexity index is 559. The smallest absolute Gasteiger partial charge is 0.214 e. The van der Waals surface area contributed by atoms with Crippen molar-refractivity contribution in [2.45, 2.75) is 25.0 Å². The van der Waals surface area contributed by atoms with Gasteiger partial charge in [0.1, 0.15) is 0 Å². The zero-order valence-electron chi connectivity index (χ0n) is 10.1. The summed E-state index contributed by atoms with van der Waals surface area (Å²) in [4.78, 5) is 0. The lowest BCUT2D eigenvalue weighted by Crippen LogP contribution is -2.10. The van der Waals surface area contributed by atoms with Crippen LogP contribution in [-0.2, 0) is 19.5 Å². The van der Waals surface area contributed by atoms with Gasteiger partial charge in [-0.3, -0.25) is 0 Å². The van der Waals surface area contributed by atoms with E-state index in [-0.39, 0.29) is 5.25 Å². The molecule has 0 bridgehead atoms. The van der Waals surface area contributed by atoms with Gasteiger partial charge in [0, 0.05) is 23.5 Å². The average Bonchev–Trinajstić information content (AvgIpc) is 2.46. The first-order valence-corrected chi connectivity index (χ1v) is 9.00. The lowest BCUT2D eigenvalue weighted by atomic mass is 10.3. The molecule has 0 radical (unpaired) electrons. The van der Waals surface area contributed by atoms with E-state index < -0.39 is 19.5 Å². The van der Waals surface area contributed by atoms with Crippen molar-refractivity contribution in [3.8, 4) is 12.4 Å². The molecule has 0 spiro atoms. The van der Waals surface area contributed by atoms with Crippen LogP contribution in [0.15, 0.2) is 8.73 Å². The van der Waals surface area contributed by atoms with Crippen molar-refractivity contribution in [1.29, 1.82) is 10.5 Å². The van der Waals surface area contributed by atoms with Gasteiger partial charge in [-0.2, -0.15) is 10.5 Å². The molecule has 8 heteroatoms. The number of hydrogen-bond donors (Lipinski definition) is 0. The highest BCUT2D eigenvalue weighted by atomic mass is 32.2. The van der Waals surface area contributed by atoms with Gasteiger partial charge in [-0.05, 0) is 19.8 Å². The van der Waals surface area contributed by atoms with Crippen LogP contribution in [0, 0.1) is 22.9 Å². The van der Waals surface area contributed by atoms with Crippen LogP contribution in [-0.4, -0.2) is 31.9 Å². The fraction of sp³-hybridized carbons (Fsp3) is 0.778. The van der Waals surface area contributed by atoms with Gasteiger partial charge in [-0.1, -0.05) is 0 Å². The number of nitriles is 2. The maximum Gasteiger partial charge on any atom is 0.214 e. The Morgan fingerprint density at radius 3 is 2.18 bits per heavy atom. The SMILES string of the molecule is CC1CCCS1(=O)=NC#N.CS(C)(=O)=NC#N. The van der Waals surface area contributed by atoms with E-state index in [4.69, 9.17) is 10.5 Å². The molecule has 0 aromatic heterocycles. The van der Waals surface area contributed by atoms with E-state index in [0.29, 0.717) is 5.75 Å². The van der Waals surface area contributed by atoms with Gasteiger partial charge in [0.2, 0.25) is 12.4 Å². The average molecular weight is 276 g/mol. The van der Waals surface area contributed by atoms with Gasteiger partial charge in [-0.15, -0.1) is 8.73 Å². The van der Waals surface area contributed by atoms with E-state index in [1.807, 2.05) is 6.92 Å². The standard InChI is InChI=1S/C6H10N2OS.C3H6N2OS/c1-6-3-2-4-10(6,9)8-5-7;1-7(2,6)5-3-4/h6H,2-4H2,1H3;1-2H3. The first-order valence-electron chi connectivity index (χ1n) is 4.92. The Balaban J connectivity index is 0.000000325. The highest BCUT2D eigenvalue weighted by Gasteiger charge is 2.25. The van der Waals surface area contributed by atoms with Gasteiger partial charge in [-0.25, -0.2) is 8.42 Å². The molecular weight excluding hydrogens is 260 g/mol. The highest BCUT2D eigenvalue weighted by Crippen LogP contribution is 2.21. The van der Waals surface area contributed by atoms with E-state index in [9.17, 15) is 8.42 Å². The molecule has 1 aliphatic heterocycles. The van der Waals surface area contributed by atoms with Crippen LogP contribution in [0.1, 0.15) is 19.8 Å². The third kappa shape index (κ3) is 6.25. The summed E-state index contributed by atoms with van der Waals surface area (Å²) in [6.45, 7) is 1.90. The number of rotatable bonds is 0. The zero-order chi connectivity index (χ0) is 13.5. The van der Waals surface area contributed by atoms with E-state index in [1.165, 1.54) is 18.7 Å². The molecular formula is C9H16N4O2S2. The largest absolute Gasteiger partial charge is 0.249 e. The van der Waals surface area contributed by atoms with Crippen molar-refractivity contribution in [3.05, 3.63) is 0 Å². The Morgan fingerprint density at radius 2 is 1.94 bits per heavy atom. The maximum atomic E-state index is 11.5. The predicted molar refractivity (Wildman–Crippen MR) is 67.8 cm³/mol. The molecule has 1 aliphatic rings. The predicted octanol–water partition coefficient (Wildman–Crippen LogP) is 1.31. The molecule has 0 aromatic carbocycles. The monoisotopic (exact) mass is 276 g/mol. The van der Waals surface area contributed by atoms with Gasteiger partial charge >= 0.3 is 0 Å². The molecule has 17 heavy (non-hydrogen) atoms. The van der Waals surface area contributed by atoms with Gasteiger partial charge in [0.15, 0.2) is 0 Å². The minimum Gasteiger partial charge on any atom is -0.249 e. The van der Waals surface area contributed by atoms with Crippen LogP contribution in [0.25, 0.3) is 0 Å². The highest BCUT2D eigenvalue weighted by molar-refractivity contribution is 7.94. The molecule has 6 nitrogen and oxygen atoms in total. The zero-order valence-corrected chi connectivity index (χ0v) is 11.8. The van der Waals surface area contributed by atoms with Crippen molar-refractivity contribution < 1.29 is 8.42 Å². The second kappa shape index (κ2) is 6.58. The molecule has 0 aromatic rings. The molecule has 1 saturated heterocycles. The second-order valence-corrected chi connectivity index (χ2v) is 9.23. The minimum atomic E-state index is -2.16. The van der Waals surface area contributed by atoms with E-state index in [2.05, 4.69) is 8.73 Å². The topological polar surface area (TPSA) is 106 Å². The number of hydrogen-bond acceptors (Lipinski definition) is 6. The molecule has 2 atom stereocenters. The maximum absolute atomic E-state index is 11.5. The summed E-state index contributed by atoms with van der Waals surface area (Å²) in [5, 5.41) is 16.1. The van der Waals surface area contributed by atoms with Crippen LogP contribution in [0.4, 0.5) is 0 Å². The summed E-state index contributed by atoms with van der Waals surface area (Å²) in [7, 11) is -4.28. The van der Waals surface area contributed by atoms with Crippen LogP contribution in [0.5, 0.6) is 0 Å². The quantitative estimate of drug-likeness (QED) is 0.622. The molecule has 2 unspecified atom stereocenters. The van der Waals surface area contributed by atoms with Crippen LogP contribution >= 0.6 is 0 Å². The fourth-order valence-electron chi connectivity index (χ4n) is 1.27. The lowest BCUT2D eigenvalue weighted by molar-refractivity contribution is 0.674. The summed E-state index contributed by atoms with van der Waals surface area (Å²) in [5.74, 6) is 0.613. The molecule has 1 rings (SSSR count). The molecule has 0 N–H and O–H groups in total. The molecule has 0 saturated carbocycles. The Labute approximate surface area is 103 Å². The molecule has 0 amide bonds. The summed E-state index contributed by atoms with van der Waals surface area (Å²) in [6, 6.07) is 0. The van der Waals surface area contributed by atoms with Crippen molar-refractivity contribution in [2.75, 3.05) is 18.3 Å². The third-order valence-electron chi connectivity index (χ3n) is 2.13. The van der Waals surface area contributed by atoms with E-state index in [0.717, 1.165) is 12.8 Å². The summed E-state index contributed by atoms with van der Waals surface area (Å²) >= 11 is 0. The Morgan fingerprint density at radius 1 is 1.35 bits per heavy atom. The summed E-state index contributed by atoms with van der Waals surface area (Å²) < 4.78 is 28.5. The van der Waals surface area contributed by atoms with E-state index in [1.54, 1.807) is 6.19 Å².